The average Bonchev–Trinajstić information content (AvgIpc) is 3.58. The highest BCUT2D eigenvalue weighted by Crippen LogP contribution is 2.28. The minimum Gasteiger partial charge on any atom is -0.351 e. The molecule has 32 heavy (non-hydrogen) atoms. The van der Waals surface area contributed by atoms with Crippen molar-refractivity contribution in [1.82, 2.24) is 10.2 Å². The van der Waals surface area contributed by atoms with Gasteiger partial charge in [0.2, 0.25) is 11.8 Å². The van der Waals surface area contributed by atoms with Gasteiger partial charge < -0.3 is 10.2 Å². The van der Waals surface area contributed by atoms with Gasteiger partial charge in [-0.3, -0.25) is 9.59 Å². The molecule has 1 saturated carbocycles. The number of nitrogens with zero attached hydrogens (tertiary/aromatic N) is 1. The van der Waals surface area contributed by atoms with Gasteiger partial charge in [0, 0.05) is 15.8 Å². The Balaban J connectivity index is 1.67. The van der Waals surface area contributed by atoms with Gasteiger partial charge in [-0.05, 0) is 53.3 Å². The molecule has 1 aliphatic rings. The average molecular weight is 467 g/mol. The van der Waals surface area contributed by atoms with Crippen molar-refractivity contribution in [3.63, 3.8) is 0 Å². The largest absolute Gasteiger partial charge is 0.351 e. The summed E-state index contributed by atoms with van der Waals surface area (Å²) in [6.45, 7) is 2.55. The van der Waals surface area contributed by atoms with Gasteiger partial charge >= 0.3 is 0 Å². The zero-order valence-corrected chi connectivity index (χ0v) is 20.1. The molecule has 0 unspecified atom stereocenters. The maximum absolute atomic E-state index is 13.6. The number of thiophene rings is 2. The first-order valence-electron chi connectivity index (χ1n) is 11.4. The predicted molar refractivity (Wildman–Crippen MR) is 132 cm³/mol. The lowest BCUT2D eigenvalue weighted by Crippen LogP contribution is -2.46. The molecule has 2 amide bonds. The van der Waals surface area contributed by atoms with E-state index in [1.54, 1.807) is 27.6 Å². The number of carbonyl (C=O) groups excluding carboxylic acids is 2. The summed E-state index contributed by atoms with van der Waals surface area (Å²) < 4.78 is 0. The molecule has 0 bridgehead atoms. The lowest BCUT2D eigenvalue weighted by atomic mass is 10.0. The van der Waals surface area contributed by atoms with Crippen LogP contribution in [0.1, 0.15) is 59.5 Å². The number of aryl methyl sites for hydroxylation is 1. The van der Waals surface area contributed by atoms with Gasteiger partial charge in [-0.15, -0.1) is 22.7 Å². The van der Waals surface area contributed by atoms with Crippen molar-refractivity contribution >= 4 is 34.5 Å². The van der Waals surface area contributed by atoms with Crippen LogP contribution in [0.5, 0.6) is 0 Å². The van der Waals surface area contributed by atoms with E-state index in [0.717, 1.165) is 47.4 Å². The third kappa shape index (κ3) is 5.67. The molecule has 1 aromatic carbocycles. The Morgan fingerprint density at radius 1 is 1.00 bits per heavy atom. The lowest BCUT2D eigenvalue weighted by molar-refractivity contribution is -0.141. The van der Waals surface area contributed by atoms with Crippen LogP contribution in [-0.4, -0.2) is 22.8 Å². The molecule has 0 radical (unpaired) electrons. The zero-order chi connectivity index (χ0) is 22.3. The van der Waals surface area contributed by atoms with E-state index in [2.05, 4.69) is 24.4 Å². The summed E-state index contributed by atoms with van der Waals surface area (Å²) in [4.78, 5) is 31.1. The quantitative estimate of drug-likeness (QED) is 0.437. The van der Waals surface area contributed by atoms with Crippen LogP contribution in [0.15, 0.2) is 59.3 Å². The summed E-state index contributed by atoms with van der Waals surface area (Å²) >= 11 is 3.20. The molecule has 0 saturated heterocycles. The van der Waals surface area contributed by atoms with Crippen molar-refractivity contribution in [3.8, 4) is 0 Å². The highest BCUT2D eigenvalue weighted by molar-refractivity contribution is 7.10. The monoisotopic (exact) mass is 466 g/mol. The Morgan fingerprint density at radius 3 is 2.25 bits per heavy atom. The van der Waals surface area contributed by atoms with Gasteiger partial charge in [-0.25, -0.2) is 0 Å². The van der Waals surface area contributed by atoms with E-state index in [-0.39, 0.29) is 17.9 Å². The second-order valence-electron chi connectivity index (χ2n) is 8.34. The molecule has 1 fully saturated rings. The second-order valence-corrected chi connectivity index (χ2v) is 10.4. The standard InChI is InChI=1S/C26H30N2O2S2/c1-2-19-11-13-20(14-12-19)25(26(30)27-21-7-3-4-8-21)28(18-23-10-6-16-32-23)24(29)17-22-9-5-15-31-22/h5-6,9-16,21,25H,2-4,7-8,17-18H2,1H3,(H,27,30)/t25-/m0/s1. The first kappa shape index (κ1) is 22.7. The highest BCUT2D eigenvalue weighted by Gasteiger charge is 2.33. The molecule has 2 heterocycles. The maximum atomic E-state index is 13.6. The Bertz CT molecular complexity index is 991. The number of hydrogen-bond donors (Lipinski definition) is 1. The Morgan fingerprint density at radius 2 is 1.66 bits per heavy atom. The SMILES string of the molecule is CCc1ccc([C@@H](C(=O)NC2CCCC2)N(Cc2cccs2)C(=O)Cc2cccs2)cc1. The molecule has 1 aliphatic carbocycles. The minimum absolute atomic E-state index is 0.0213. The zero-order valence-electron chi connectivity index (χ0n) is 18.5. The van der Waals surface area contributed by atoms with Gasteiger partial charge in [0.15, 0.2) is 0 Å². The number of rotatable bonds is 9. The predicted octanol–water partition coefficient (Wildman–Crippen LogP) is 5.74. The highest BCUT2D eigenvalue weighted by atomic mass is 32.1. The maximum Gasteiger partial charge on any atom is 0.247 e. The summed E-state index contributed by atoms with van der Waals surface area (Å²) in [7, 11) is 0. The van der Waals surface area contributed by atoms with Crippen molar-refractivity contribution in [1.29, 1.82) is 0 Å². The number of carbonyl (C=O) groups is 2. The molecular weight excluding hydrogens is 436 g/mol. The first-order chi connectivity index (χ1) is 15.6. The smallest absolute Gasteiger partial charge is 0.247 e. The normalized spacial score (nSPS) is 14.9. The molecular formula is C26H30N2O2S2. The van der Waals surface area contributed by atoms with Crippen LogP contribution in [0.3, 0.4) is 0 Å². The molecule has 4 rings (SSSR count). The van der Waals surface area contributed by atoms with Gasteiger partial charge in [0.1, 0.15) is 6.04 Å². The van der Waals surface area contributed by atoms with Crippen LogP contribution in [0, 0.1) is 0 Å². The molecule has 0 aliphatic heterocycles. The topological polar surface area (TPSA) is 49.4 Å². The van der Waals surface area contributed by atoms with Gasteiger partial charge in [-0.2, -0.15) is 0 Å². The van der Waals surface area contributed by atoms with Crippen LogP contribution in [0.2, 0.25) is 0 Å². The van der Waals surface area contributed by atoms with Crippen LogP contribution in [0.25, 0.3) is 0 Å². The number of nitrogens with one attached hydrogen (secondary N) is 1. The number of amides is 2. The molecule has 2 aromatic heterocycles. The van der Waals surface area contributed by atoms with Crippen molar-refractivity contribution in [2.24, 2.45) is 0 Å². The molecule has 1 N–H and O–H groups in total. The lowest BCUT2D eigenvalue weighted by Gasteiger charge is -2.32. The second kappa shape index (κ2) is 10.9. The first-order valence-corrected chi connectivity index (χ1v) is 13.1. The summed E-state index contributed by atoms with van der Waals surface area (Å²) in [6, 6.07) is 15.7. The van der Waals surface area contributed by atoms with Gasteiger partial charge in [-0.1, -0.05) is 56.2 Å². The van der Waals surface area contributed by atoms with Crippen molar-refractivity contribution < 1.29 is 9.59 Å². The number of hydrogen-bond acceptors (Lipinski definition) is 4. The molecule has 0 spiro atoms. The van der Waals surface area contributed by atoms with Crippen LogP contribution in [0.4, 0.5) is 0 Å². The van der Waals surface area contributed by atoms with E-state index >= 15 is 0 Å². The molecule has 6 heteroatoms. The van der Waals surface area contributed by atoms with E-state index in [1.807, 2.05) is 47.2 Å². The minimum atomic E-state index is -0.643. The fourth-order valence-electron chi connectivity index (χ4n) is 4.32. The van der Waals surface area contributed by atoms with Gasteiger partial charge in [0.25, 0.3) is 0 Å². The van der Waals surface area contributed by atoms with E-state index in [0.29, 0.717) is 13.0 Å². The summed E-state index contributed by atoms with van der Waals surface area (Å²) in [6.07, 6.45) is 5.58. The van der Waals surface area contributed by atoms with E-state index in [1.165, 1.54) is 5.56 Å². The van der Waals surface area contributed by atoms with Crippen molar-refractivity contribution in [3.05, 3.63) is 80.2 Å². The fraction of sp³-hybridized carbons (Fsp3) is 0.385. The van der Waals surface area contributed by atoms with Crippen molar-refractivity contribution in [2.45, 2.75) is 64.1 Å². The third-order valence-corrected chi connectivity index (χ3v) is 7.84. The molecule has 168 valence electrons. The summed E-state index contributed by atoms with van der Waals surface area (Å²) in [5.74, 6) is -0.0933. The Hall–Kier alpha value is -2.44. The fourth-order valence-corrected chi connectivity index (χ4v) is 5.71. The van der Waals surface area contributed by atoms with E-state index in [4.69, 9.17) is 0 Å². The third-order valence-electron chi connectivity index (χ3n) is 6.10. The van der Waals surface area contributed by atoms with Gasteiger partial charge in [0.05, 0.1) is 13.0 Å². The molecule has 1 atom stereocenters. The van der Waals surface area contributed by atoms with E-state index < -0.39 is 6.04 Å². The molecule has 3 aromatic rings. The summed E-state index contributed by atoms with van der Waals surface area (Å²) in [5, 5.41) is 7.25. The van der Waals surface area contributed by atoms with Crippen LogP contribution in [-0.2, 0) is 29.0 Å². The van der Waals surface area contributed by atoms with Crippen molar-refractivity contribution in [2.75, 3.05) is 0 Å². The number of benzene rings is 1. The van der Waals surface area contributed by atoms with Crippen LogP contribution >= 0.6 is 22.7 Å². The Labute approximate surface area is 198 Å². The van der Waals surface area contributed by atoms with E-state index in [9.17, 15) is 9.59 Å². The van der Waals surface area contributed by atoms with Crippen LogP contribution < -0.4 is 5.32 Å². The molecule has 4 nitrogen and oxygen atoms in total. The summed E-state index contributed by atoms with van der Waals surface area (Å²) in [5.41, 5.74) is 2.09. The Kier molecular flexibility index (Phi) is 7.76.